The van der Waals surface area contributed by atoms with Crippen LogP contribution in [-0.4, -0.2) is 21.8 Å². The third-order valence-electron chi connectivity index (χ3n) is 2.87. The maximum absolute atomic E-state index is 11.9. The Balaban J connectivity index is 2.22. The van der Waals surface area contributed by atoms with Crippen LogP contribution in [0.15, 0.2) is 44.6 Å². The van der Waals surface area contributed by atoms with Crippen LogP contribution in [0.4, 0.5) is 0 Å². The largest absolute Gasteiger partial charge is 0.508 e. The number of amides is 1. The zero-order chi connectivity index (χ0) is 16.3. The predicted molar refractivity (Wildman–Crippen MR) is 79.2 cm³/mol. The van der Waals surface area contributed by atoms with Crippen LogP contribution in [-0.2, 0) is 0 Å². The highest BCUT2D eigenvalue weighted by molar-refractivity contribution is 6.02. The smallest absolute Gasteiger partial charge is 0.348 e. The normalized spacial score (nSPS) is 11.3. The maximum Gasteiger partial charge on any atom is 0.348 e. The molecule has 0 saturated heterocycles. The van der Waals surface area contributed by atoms with E-state index in [9.17, 15) is 14.7 Å². The van der Waals surface area contributed by atoms with E-state index in [2.05, 4.69) is 10.5 Å². The Morgan fingerprint density at radius 2 is 1.86 bits per heavy atom. The minimum Gasteiger partial charge on any atom is -0.508 e. The van der Waals surface area contributed by atoms with Crippen LogP contribution in [0.3, 0.4) is 0 Å². The van der Waals surface area contributed by atoms with Gasteiger partial charge in [-0.15, -0.1) is 0 Å². The van der Waals surface area contributed by atoms with E-state index in [1.165, 1.54) is 44.2 Å². The molecule has 114 valence electrons. The number of hydrazone groups is 1. The highest BCUT2D eigenvalue weighted by atomic mass is 16.4. The Morgan fingerprint density at radius 1 is 1.23 bits per heavy atom. The van der Waals surface area contributed by atoms with Gasteiger partial charge in [0.1, 0.15) is 22.8 Å². The number of phenolic OH excluding ortho intramolecular Hbond substituents is 1. The van der Waals surface area contributed by atoms with Gasteiger partial charge >= 0.3 is 5.63 Å². The summed E-state index contributed by atoms with van der Waals surface area (Å²) in [5, 5.41) is 22.7. The summed E-state index contributed by atoms with van der Waals surface area (Å²) in [5.74, 6) is -0.477. The van der Waals surface area contributed by atoms with E-state index in [-0.39, 0.29) is 34.1 Å². The maximum atomic E-state index is 11.9. The lowest BCUT2D eigenvalue weighted by molar-refractivity contribution is 0.0954. The van der Waals surface area contributed by atoms with Crippen molar-refractivity contribution in [1.82, 2.24) is 5.43 Å². The molecule has 0 unspecified atom stereocenters. The Hall–Kier alpha value is -3.09. The number of nitrogens with one attached hydrogen (secondary N) is 1. The molecular formula is C15H14N2O5. The summed E-state index contributed by atoms with van der Waals surface area (Å²) in [5.41, 5.74) is 1.81. The van der Waals surface area contributed by atoms with Gasteiger partial charge in [-0.25, -0.2) is 10.2 Å². The van der Waals surface area contributed by atoms with Crippen LogP contribution in [0.1, 0.15) is 28.6 Å². The van der Waals surface area contributed by atoms with Crippen LogP contribution in [0.25, 0.3) is 0 Å². The molecule has 0 aliphatic carbocycles. The monoisotopic (exact) mass is 302 g/mol. The zero-order valence-electron chi connectivity index (χ0n) is 12.0. The molecule has 7 heteroatoms. The fraction of sp³-hybridized carbons (Fsp3) is 0.133. The Bertz CT molecular complexity index is 791. The van der Waals surface area contributed by atoms with Crippen LogP contribution >= 0.6 is 0 Å². The lowest BCUT2D eigenvalue weighted by Crippen LogP contribution is -2.21. The summed E-state index contributed by atoms with van der Waals surface area (Å²) in [6.07, 6.45) is 0. The summed E-state index contributed by atoms with van der Waals surface area (Å²) < 4.78 is 4.88. The van der Waals surface area contributed by atoms with Gasteiger partial charge < -0.3 is 14.6 Å². The molecule has 7 nitrogen and oxygen atoms in total. The number of rotatable bonds is 3. The van der Waals surface area contributed by atoms with E-state index in [1.807, 2.05) is 0 Å². The molecule has 1 amide bonds. The number of hydrogen-bond donors (Lipinski definition) is 3. The molecule has 1 heterocycles. The van der Waals surface area contributed by atoms with Crippen molar-refractivity contribution in [2.75, 3.05) is 0 Å². The standard InChI is InChI=1S/C15H14N2O5/c1-8-7-12(19)13(15(21)22-8)9(2)16-17-14(20)10-3-5-11(18)6-4-10/h3-7,18-19H,1-2H3,(H,17,20). The van der Waals surface area contributed by atoms with E-state index in [0.717, 1.165) is 0 Å². The summed E-state index contributed by atoms with van der Waals surface area (Å²) in [6.45, 7) is 2.99. The third-order valence-corrected chi connectivity index (χ3v) is 2.87. The first-order valence-electron chi connectivity index (χ1n) is 6.36. The predicted octanol–water partition coefficient (Wildman–Crippen LogP) is 1.51. The van der Waals surface area contributed by atoms with Crippen molar-refractivity contribution in [1.29, 1.82) is 0 Å². The van der Waals surface area contributed by atoms with Gasteiger partial charge in [-0.1, -0.05) is 0 Å². The number of carbonyl (C=O) groups excluding carboxylic acids is 1. The van der Waals surface area contributed by atoms with Gasteiger partial charge in [0.2, 0.25) is 0 Å². The summed E-state index contributed by atoms with van der Waals surface area (Å²) in [7, 11) is 0. The highest BCUT2D eigenvalue weighted by Crippen LogP contribution is 2.15. The summed E-state index contributed by atoms with van der Waals surface area (Å²) in [4.78, 5) is 23.6. The highest BCUT2D eigenvalue weighted by Gasteiger charge is 2.13. The van der Waals surface area contributed by atoms with Gasteiger partial charge in [-0.05, 0) is 38.1 Å². The first kappa shape index (κ1) is 15.3. The minimum atomic E-state index is -0.738. The Kier molecular flexibility index (Phi) is 4.26. The van der Waals surface area contributed by atoms with Crippen LogP contribution < -0.4 is 11.1 Å². The number of aryl methyl sites for hydroxylation is 1. The topological polar surface area (TPSA) is 112 Å². The van der Waals surface area contributed by atoms with Gasteiger partial charge in [0.05, 0.1) is 5.71 Å². The lowest BCUT2D eigenvalue weighted by Gasteiger charge is -2.04. The molecule has 0 spiro atoms. The quantitative estimate of drug-likeness (QED) is 0.587. The number of hydrogen-bond acceptors (Lipinski definition) is 6. The average molecular weight is 302 g/mol. The van der Waals surface area contributed by atoms with Crippen molar-refractivity contribution in [3.63, 3.8) is 0 Å². The molecule has 0 aliphatic heterocycles. The molecule has 0 aliphatic rings. The molecular weight excluding hydrogens is 288 g/mol. The lowest BCUT2D eigenvalue weighted by atomic mass is 10.2. The molecule has 1 aromatic carbocycles. The fourth-order valence-corrected chi connectivity index (χ4v) is 1.80. The Morgan fingerprint density at radius 3 is 2.45 bits per heavy atom. The SMILES string of the molecule is CC(=NNC(=O)c1ccc(O)cc1)c1c(O)cc(C)oc1=O. The molecule has 22 heavy (non-hydrogen) atoms. The Labute approximate surface area is 125 Å². The van der Waals surface area contributed by atoms with Crippen LogP contribution in [0, 0.1) is 6.92 Å². The number of phenols is 1. The molecule has 3 N–H and O–H groups in total. The van der Waals surface area contributed by atoms with Crippen molar-refractivity contribution >= 4 is 11.6 Å². The second kappa shape index (κ2) is 6.13. The fourth-order valence-electron chi connectivity index (χ4n) is 1.80. The van der Waals surface area contributed by atoms with Crippen molar-refractivity contribution < 1.29 is 19.4 Å². The molecule has 2 rings (SSSR count). The first-order valence-corrected chi connectivity index (χ1v) is 6.36. The molecule has 0 fully saturated rings. The molecule has 0 radical (unpaired) electrons. The third kappa shape index (κ3) is 3.32. The number of aromatic hydroxyl groups is 2. The molecule has 2 aromatic rings. The number of benzene rings is 1. The second-order valence-corrected chi connectivity index (χ2v) is 4.59. The van der Waals surface area contributed by atoms with E-state index in [4.69, 9.17) is 9.52 Å². The average Bonchev–Trinajstić information content (AvgIpc) is 2.44. The van der Waals surface area contributed by atoms with Crippen molar-refractivity contribution in [3.05, 3.63) is 57.6 Å². The molecule has 0 bridgehead atoms. The first-order chi connectivity index (χ1) is 10.4. The molecule has 0 atom stereocenters. The van der Waals surface area contributed by atoms with Gasteiger partial charge in [-0.2, -0.15) is 5.10 Å². The van der Waals surface area contributed by atoms with Crippen LogP contribution in [0.2, 0.25) is 0 Å². The second-order valence-electron chi connectivity index (χ2n) is 4.59. The summed E-state index contributed by atoms with van der Waals surface area (Å²) >= 11 is 0. The van der Waals surface area contributed by atoms with Crippen molar-refractivity contribution in [2.45, 2.75) is 13.8 Å². The van der Waals surface area contributed by atoms with E-state index < -0.39 is 11.5 Å². The van der Waals surface area contributed by atoms with Gasteiger partial charge in [0.15, 0.2) is 0 Å². The van der Waals surface area contributed by atoms with Gasteiger partial charge in [0, 0.05) is 11.6 Å². The molecule has 0 saturated carbocycles. The number of carbonyl (C=O) groups is 1. The van der Waals surface area contributed by atoms with Crippen LogP contribution in [0.5, 0.6) is 11.5 Å². The van der Waals surface area contributed by atoms with Crippen molar-refractivity contribution in [3.8, 4) is 11.5 Å². The summed E-state index contributed by atoms with van der Waals surface area (Å²) in [6, 6.07) is 6.87. The number of nitrogens with zero attached hydrogens (tertiary/aromatic N) is 1. The zero-order valence-corrected chi connectivity index (χ0v) is 12.0. The van der Waals surface area contributed by atoms with E-state index in [0.29, 0.717) is 0 Å². The van der Waals surface area contributed by atoms with E-state index in [1.54, 1.807) is 0 Å². The molecule has 1 aromatic heterocycles. The van der Waals surface area contributed by atoms with E-state index >= 15 is 0 Å². The van der Waals surface area contributed by atoms with Crippen molar-refractivity contribution in [2.24, 2.45) is 5.10 Å². The minimum absolute atomic E-state index is 0.0402. The van der Waals surface area contributed by atoms with Gasteiger partial charge in [-0.3, -0.25) is 4.79 Å². The van der Waals surface area contributed by atoms with Gasteiger partial charge in [0.25, 0.3) is 5.91 Å².